The van der Waals surface area contributed by atoms with Crippen LogP contribution in [0.4, 0.5) is 0 Å². The summed E-state index contributed by atoms with van der Waals surface area (Å²) in [7, 11) is 3.90. The minimum atomic E-state index is 0.888. The number of aromatic nitrogens is 1. The monoisotopic (exact) mass is 332 g/mol. The van der Waals surface area contributed by atoms with E-state index in [1.54, 1.807) is 7.11 Å². The van der Waals surface area contributed by atoms with Crippen LogP contribution in [0.1, 0.15) is 22.4 Å². The number of nitrogens with zero attached hydrogens (tertiary/aromatic N) is 2. The molecule has 0 saturated carbocycles. The molecule has 1 aliphatic heterocycles. The van der Waals surface area contributed by atoms with Gasteiger partial charge in [0.2, 0.25) is 0 Å². The van der Waals surface area contributed by atoms with Gasteiger partial charge in [-0.2, -0.15) is 0 Å². The number of aryl methyl sites for hydroxylation is 1. The number of likely N-dealkylation sites (N-methyl/N-ethyl adjacent to an activating group) is 1. The van der Waals surface area contributed by atoms with Crippen molar-refractivity contribution in [3.63, 3.8) is 0 Å². The Morgan fingerprint density at radius 2 is 1.88 bits per heavy atom. The van der Waals surface area contributed by atoms with E-state index >= 15 is 0 Å². The average molecular weight is 332 g/mol. The standard InChI is InChI=1S/C22H24N2O/c1-16-4-9-21-19(14-16)20-15-23(2)12-11-22(20)24(21)13-10-17-5-7-18(25-3)8-6-17/h4-10,13-14H,11-12,15H2,1-3H3/b13-10+. The van der Waals surface area contributed by atoms with Crippen LogP contribution in [0.25, 0.3) is 23.2 Å². The molecule has 0 amide bonds. The van der Waals surface area contributed by atoms with Gasteiger partial charge in [-0.1, -0.05) is 23.8 Å². The lowest BCUT2D eigenvalue weighted by Crippen LogP contribution is -2.26. The molecule has 3 aromatic rings. The molecule has 128 valence electrons. The molecule has 1 aromatic heterocycles. The fourth-order valence-electron chi connectivity index (χ4n) is 3.69. The Morgan fingerprint density at radius 1 is 1.08 bits per heavy atom. The molecule has 3 heteroatoms. The second-order valence-corrected chi connectivity index (χ2v) is 6.89. The molecular formula is C22H24N2O. The van der Waals surface area contributed by atoms with E-state index in [0.717, 1.165) is 25.3 Å². The Bertz CT molecular complexity index is 935. The number of hydrogen-bond donors (Lipinski definition) is 0. The molecule has 0 radical (unpaired) electrons. The molecule has 0 aliphatic carbocycles. The number of benzene rings is 2. The third kappa shape index (κ3) is 2.96. The van der Waals surface area contributed by atoms with Crippen LogP contribution in [0, 0.1) is 6.92 Å². The van der Waals surface area contributed by atoms with Gasteiger partial charge in [0, 0.05) is 36.8 Å². The van der Waals surface area contributed by atoms with E-state index in [4.69, 9.17) is 4.74 Å². The van der Waals surface area contributed by atoms with Crippen molar-refractivity contribution in [1.29, 1.82) is 0 Å². The minimum absolute atomic E-state index is 0.888. The van der Waals surface area contributed by atoms with Gasteiger partial charge in [-0.3, -0.25) is 0 Å². The van der Waals surface area contributed by atoms with Gasteiger partial charge < -0.3 is 14.2 Å². The quantitative estimate of drug-likeness (QED) is 0.699. The molecule has 0 saturated heterocycles. The maximum absolute atomic E-state index is 5.24. The van der Waals surface area contributed by atoms with Crippen LogP contribution >= 0.6 is 0 Å². The minimum Gasteiger partial charge on any atom is -0.497 e. The van der Waals surface area contributed by atoms with Gasteiger partial charge in [-0.05, 0) is 55.4 Å². The molecule has 0 N–H and O–H groups in total. The highest BCUT2D eigenvalue weighted by Gasteiger charge is 2.21. The third-order valence-electron chi connectivity index (χ3n) is 5.07. The van der Waals surface area contributed by atoms with E-state index in [1.807, 2.05) is 12.1 Å². The molecule has 0 spiro atoms. The number of methoxy groups -OCH3 is 1. The lowest BCUT2D eigenvalue weighted by Gasteiger charge is -2.23. The average Bonchev–Trinajstić information content (AvgIpc) is 2.92. The van der Waals surface area contributed by atoms with Gasteiger partial charge in [-0.15, -0.1) is 0 Å². The zero-order valence-corrected chi connectivity index (χ0v) is 15.1. The van der Waals surface area contributed by atoms with Crippen molar-refractivity contribution in [1.82, 2.24) is 9.47 Å². The highest BCUT2D eigenvalue weighted by atomic mass is 16.5. The van der Waals surface area contributed by atoms with Crippen molar-refractivity contribution < 1.29 is 4.74 Å². The molecular weight excluding hydrogens is 308 g/mol. The zero-order chi connectivity index (χ0) is 17.4. The molecule has 1 aliphatic rings. The van der Waals surface area contributed by atoms with Crippen LogP contribution in [0.5, 0.6) is 5.75 Å². The second-order valence-electron chi connectivity index (χ2n) is 6.89. The first-order valence-electron chi connectivity index (χ1n) is 8.79. The third-order valence-corrected chi connectivity index (χ3v) is 5.07. The Labute approximate surface area is 149 Å². The summed E-state index contributed by atoms with van der Waals surface area (Å²) < 4.78 is 7.62. The van der Waals surface area contributed by atoms with Crippen molar-refractivity contribution in [3.05, 3.63) is 64.8 Å². The molecule has 4 rings (SSSR count). The number of ether oxygens (including phenoxy) is 1. The molecule has 0 unspecified atom stereocenters. The smallest absolute Gasteiger partial charge is 0.118 e. The van der Waals surface area contributed by atoms with E-state index in [9.17, 15) is 0 Å². The molecule has 0 fully saturated rings. The molecule has 25 heavy (non-hydrogen) atoms. The summed E-state index contributed by atoms with van der Waals surface area (Å²) in [6, 6.07) is 15.0. The summed E-state index contributed by atoms with van der Waals surface area (Å²) in [5.41, 5.74) is 6.72. The van der Waals surface area contributed by atoms with Crippen molar-refractivity contribution in [2.45, 2.75) is 19.9 Å². The maximum atomic E-state index is 5.24. The molecule has 0 bridgehead atoms. The van der Waals surface area contributed by atoms with Gasteiger partial charge in [0.15, 0.2) is 0 Å². The van der Waals surface area contributed by atoms with Crippen LogP contribution in [-0.2, 0) is 13.0 Å². The van der Waals surface area contributed by atoms with Crippen LogP contribution in [0.2, 0.25) is 0 Å². The van der Waals surface area contributed by atoms with Crippen molar-refractivity contribution >= 4 is 23.2 Å². The Balaban J connectivity index is 1.79. The first kappa shape index (κ1) is 16.0. The van der Waals surface area contributed by atoms with Crippen molar-refractivity contribution in [2.24, 2.45) is 0 Å². The lowest BCUT2D eigenvalue weighted by molar-refractivity contribution is 0.312. The number of rotatable bonds is 3. The first-order valence-corrected chi connectivity index (χ1v) is 8.79. The summed E-state index contributed by atoms with van der Waals surface area (Å²) in [5, 5.41) is 1.39. The van der Waals surface area contributed by atoms with Gasteiger partial charge in [0.25, 0.3) is 0 Å². The Hall–Kier alpha value is -2.52. The summed E-state index contributed by atoms with van der Waals surface area (Å²) in [6.07, 6.45) is 5.48. The molecule has 2 aromatic carbocycles. The largest absolute Gasteiger partial charge is 0.497 e. The van der Waals surface area contributed by atoms with Gasteiger partial charge in [-0.25, -0.2) is 0 Å². The lowest BCUT2D eigenvalue weighted by atomic mass is 10.0. The predicted octanol–water partition coefficient (Wildman–Crippen LogP) is 4.57. The predicted molar refractivity (Wildman–Crippen MR) is 105 cm³/mol. The Morgan fingerprint density at radius 3 is 2.64 bits per heavy atom. The van der Waals surface area contributed by atoms with E-state index in [1.165, 1.54) is 33.3 Å². The summed E-state index contributed by atoms with van der Waals surface area (Å²) in [6.45, 7) is 4.31. The number of fused-ring (bicyclic) bond motifs is 3. The van der Waals surface area contributed by atoms with E-state index in [0.29, 0.717) is 0 Å². The topological polar surface area (TPSA) is 17.4 Å². The van der Waals surface area contributed by atoms with E-state index < -0.39 is 0 Å². The van der Waals surface area contributed by atoms with Crippen LogP contribution < -0.4 is 4.74 Å². The fourth-order valence-corrected chi connectivity index (χ4v) is 3.69. The van der Waals surface area contributed by atoms with Crippen LogP contribution in [0.15, 0.2) is 42.5 Å². The fraction of sp³-hybridized carbons (Fsp3) is 0.273. The number of hydrogen-bond acceptors (Lipinski definition) is 2. The second kappa shape index (κ2) is 6.41. The highest BCUT2D eigenvalue weighted by Crippen LogP contribution is 2.31. The van der Waals surface area contributed by atoms with Crippen molar-refractivity contribution in [2.75, 3.05) is 20.7 Å². The van der Waals surface area contributed by atoms with Gasteiger partial charge in [0.05, 0.1) is 12.6 Å². The van der Waals surface area contributed by atoms with Gasteiger partial charge >= 0.3 is 0 Å². The zero-order valence-electron chi connectivity index (χ0n) is 15.1. The van der Waals surface area contributed by atoms with Crippen LogP contribution in [0.3, 0.4) is 0 Å². The SMILES string of the molecule is COc1ccc(/C=C/n2c3c(c4cc(C)ccc42)CN(C)CC3)cc1. The molecule has 2 heterocycles. The summed E-state index contributed by atoms with van der Waals surface area (Å²) >= 11 is 0. The Kier molecular flexibility index (Phi) is 4.10. The molecule has 3 nitrogen and oxygen atoms in total. The van der Waals surface area contributed by atoms with Crippen molar-refractivity contribution in [3.8, 4) is 5.75 Å². The van der Waals surface area contributed by atoms with E-state index in [-0.39, 0.29) is 0 Å². The van der Waals surface area contributed by atoms with Crippen LogP contribution in [-0.4, -0.2) is 30.2 Å². The van der Waals surface area contributed by atoms with E-state index in [2.05, 4.69) is 66.0 Å². The normalized spacial score (nSPS) is 15.0. The summed E-state index contributed by atoms with van der Waals surface area (Å²) in [5.74, 6) is 0.888. The summed E-state index contributed by atoms with van der Waals surface area (Å²) in [4.78, 5) is 2.40. The first-order chi connectivity index (χ1) is 12.2. The maximum Gasteiger partial charge on any atom is 0.118 e. The molecule has 0 atom stereocenters. The highest BCUT2D eigenvalue weighted by molar-refractivity contribution is 5.89. The van der Waals surface area contributed by atoms with Gasteiger partial charge in [0.1, 0.15) is 5.75 Å².